The number of benzene rings is 2. The first-order valence-corrected chi connectivity index (χ1v) is 9.82. The molecule has 0 atom stereocenters. The van der Waals surface area contributed by atoms with Crippen LogP contribution in [-0.2, 0) is 14.3 Å². The molecule has 7 nitrogen and oxygen atoms in total. The molecule has 7 heteroatoms. The average molecular weight is 408 g/mol. The third-order valence-electron chi connectivity index (χ3n) is 4.31. The van der Waals surface area contributed by atoms with Crippen molar-refractivity contribution in [1.29, 1.82) is 0 Å². The SMILES string of the molecule is CCOc1ccc(/C=C/C(=O)OCC(=O)Nc2ccccc2C(=O)NC2CC2)cc1. The Labute approximate surface area is 175 Å². The second-order valence-corrected chi connectivity index (χ2v) is 6.78. The second-order valence-electron chi connectivity index (χ2n) is 6.78. The highest BCUT2D eigenvalue weighted by molar-refractivity contribution is 6.04. The van der Waals surface area contributed by atoms with Gasteiger partial charge in [0, 0.05) is 12.1 Å². The third kappa shape index (κ3) is 6.48. The van der Waals surface area contributed by atoms with Gasteiger partial charge in [0.2, 0.25) is 0 Å². The lowest BCUT2D eigenvalue weighted by atomic mass is 10.1. The molecule has 3 rings (SSSR count). The molecule has 0 radical (unpaired) electrons. The Kier molecular flexibility index (Phi) is 7.21. The van der Waals surface area contributed by atoms with E-state index in [9.17, 15) is 14.4 Å². The summed E-state index contributed by atoms with van der Waals surface area (Å²) in [5.41, 5.74) is 1.55. The summed E-state index contributed by atoms with van der Waals surface area (Å²) < 4.78 is 10.3. The van der Waals surface area contributed by atoms with E-state index in [0.29, 0.717) is 17.9 Å². The number of nitrogens with one attached hydrogen (secondary N) is 2. The van der Waals surface area contributed by atoms with Crippen LogP contribution in [0.5, 0.6) is 5.75 Å². The monoisotopic (exact) mass is 408 g/mol. The second kappa shape index (κ2) is 10.2. The van der Waals surface area contributed by atoms with Gasteiger partial charge in [0.05, 0.1) is 17.9 Å². The van der Waals surface area contributed by atoms with E-state index >= 15 is 0 Å². The summed E-state index contributed by atoms with van der Waals surface area (Å²) >= 11 is 0. The van der Waals surface area contributed by atoms with Gasteiger partial charge in [-0.25, -0.2) is 4.79 Å². The number of rotatable bonds is 9. The van der Waals surface area contributed by atoms with Gasteiger partial charge in [0.1, 0.15) is 5.75 Å². The van der Waals surface area contributed by atoms with Crippen molar-refractivity contribution >= 4 is 29.5 Å². The van der Waals surface area contributed by atoms with Crippen LogP contribution in [0.1, 0.15) is 35.7 Å². The van der Waals surface area contributed by atoms with Gasteiger partial charge < -0.3 is 20.1 Å². The number of carbonyl (C=O) groups excluding carboxylic acids is 3. The Hall–Kier alpha value is -3.61. The number of para-hydroxylation sites is 1. The zero-order chi connectivity index (χ0) is 21.3. The molecular formula is C23H24N2O5. The summed E-state index contributed by atoms with van der Waals surface area (Å²) in [5.74, 6) is -0.646. The van der Waals surface area contributed by atoms with E-state index in [2.05, 4.69) is 10.6 Å². The molecule has 156 valence electrons. The van der Waals surface area contributed by atoms with Crippen molar-refractivity contribution in [3.63, 3.8) is 0 Å². The number of esters is 1. The smallest absolute Gasteiger partial charge is 0.331 e. The molecule has 2 N–H and O–H groups in total. The highest BCUT2D eigenvalue weighted by Crippen LogP contribution is 2.21. The molecule has 0 bridgehead atoms. The Balaban J connectivity index is 1.48. The quantitative estimate of drug-likeness (QED) is 0.491. The fraction of sp³-hybridized carbons (Fsp3) is 0.261. The van der Waals surface area contributed by atoms with Gasteiger partial charge in [-0.1, -0.05) is 24.3 Å². The van der Waals surface area contributed by atoms with Gasteiger partial charge in [-0.2, -0.15) is 0 Å². The number of amides is 2. The van der Waals surface area contributed by atoms with Crippen molar-refractivity contribution in [2.24, 2.45) is 0 Å². The molecule has 0 heterocycles. The van der Waals surface area contributed by atoms with Gasteiger partial charge in [0.15, 0.2) is 6.61 Å². The number of ether oxygens (including phenoxy) is 2. The fourth-order valence-corrected chi connectivity index (χ4v) is 2.66. The summed E-state index contributed by atoms with van der Waals surface area (Å²) in [6, 6.07) is 14.2. The van der Waals surface area contributed by atoms with Crippen LogP contribution in [0, 0.1) is 0 Å². The summed E-state index contributed by atoms with van der Waals surface area (Å²) in [6.07, 6.45) is 4.79. The Bertz CT molecular complexity index is 933. The van der Waals surface area contributed by atoms with Gasteiger partial charge in [-0.15, -0.1) is 0 Å². The van der Waals surface area contributed by atoms with Crippen LogP contribution in [0.2, 0.25) is 0 Å². The van der Waals surface area contributed by atoms with E-state index in [-0.39, 0.29) is 11.9 Å². The maximum Gasteiger partial charge on any atom is 0.331 e. The van der Waals surface area contributed by atoms with Crippen molar-refractivity contribution in [3.05, 3.63) is 65.7 Å². The molecular weight excluding hydrogens is 384 g/mol. The van der Waals surface area contributed by atoms with Crippen molar-refractivity contribution in [3.8, 4) is 5.75 Å². The maximum absolute atomic E-state index is 12.3. The minimum Gasteiger partial charge on any atom is -0.494 e. The van der Waals surface area contributed by atoms with E-state index in [1.54, 1.807) is 42.5 Å². The molecule has 30 heavy (non-hydrogen) atoms. The number of carbonyl (C=O) groups is 3. The Morgan fingerprint density at radius 3 is 2.50 bits per heavy atom. The molecule has 2 aromatic rings. The molecule has 0 saturated heterocycles. The lowest BCUT2D eigenvalue weighted by Crippen LogP contribution is -2.27. The molecule has 1 aliphatic rings. The first-order chi connectivity index (χ1) is 14.5. The normalized spacial score (nSPS) is 13.0. The number of hydrogen-bond donors (Lipinski definition) is 2. The molecule has 0 unspecified atom stereocenters. The van der Waals surface area contributed by atoms with Crippen LogP contribution < -0.4 is 15.4 Å². The van der Waals surface area contributed by atoms with Crippen molar-refractivity contribution in [2.75, 3.05) is 18.5 Å². The highest BCUT2D eigenvalue weighted by Gasteiger charge is 2.25. The number of hydrogen-bond acceptors (Lipinski definition) is 5. The van der Waals surface area contributed by atoms with E-state index in [1.165, 1.54) is 6.08 Å². The molecule has 0 aromatic heterocycles. The van der Waals surface area contributed by atoms with Gasteiger partial charge in [-0.3, -0.25) is 9.59 Å². The standard InChI is InChI=1S/C23H24N2O5/c1-2-29-18-12-7-16(8-13-18)9-14-22(27)30-15-21(26)25-20-6-4-3-5-19(20)23(28)24-17-10-11-17/h3-9,12-14,17H,2,10-11,15H2,1H3,(H,24,28)(H,25,26)/b14-9+. The average Bonchev–Trinajstić information content (AvgIpc) is 3.56. The molecule has 0 aliphatic heterocycles. The van der Waals surface area contributed by atoms with Crippen molar-refractivity contribution in [1.82, 2.24) is 5.32 Å². The molecule has 1 aliphatic carbocycles. The predicted molar refractivity (Wildman–Crippen MR) is 113 cm³/mol. The zero-order valence-electron chi connectivity index (χ0n) is 16.7. The lowest BCUT2D eigenvalue weighted by Gasteiger charge is -2.11. The molecule has 1 saturated carbocycles. The van der Waals surface area contributed by atoms with Crippen molar-refractivity contribution in [2.45, 2.75) is 25.8 Å². The van der Waals surface area contributed by atoms with E-state index in [1.807, 2.05) is 19.1 Å². The van der Waals surface area contributed by atoms with Crippen molar-refractivity contribution < 1.29 is 23.9 Å². The largest absolute Gasteiger partial charge is 0.494 e. The molecule has 1 fully saturated rings. The molecule has 2 amide bonds. The first-order valence-electron chi connectivity index (χ1n) is 9.82. The van der Waals surface area contributed by atoms with Crippen LogP contribution in [0.25, 0.3) is 6.08 Å². The topological polar surface area (TPSA) is 93.7 Å². The summed E-state index contributed by atoms with van der Waals surface area (Å²) in [6.45, 7) is 2.03. The van der Waals surface area contributed by atoms with Crippen LogP contribution in [0.15, 0.2) is 54.6 Å². The summed E-state index contributed by atoms with van der Waals surface area (Å²) in [4.78, 5) is 36.3. The van der Waals surface area contributed by atoms with Crippen LogP contribution >= 0.6 is 0 Å². The summed E-state index contributed by atoms with van der Waals surface area (Å²) in [7, 11) is 0. The first kappa shape index (κ1) is 21.1. The van der Waals surface area contributed by atoms with E-state index in [0.717, 1.165) is 24.2 Å². The zero-order valence-corrected chi connectivity index (χ0v) is 16.7. The lowest BCUT2D eigenvalue weighted by molar-refractivity contribution is -0.142. The maximum atomic E-state index is 12.3. The number of anilines is 1. The van der Waals surface area contributed by atoms with Crippen LogP contribution in [-0.4, -0.2) is 37.0 Å². The third-order valence-corrected chi connectivity index (χ3v) is 4.31. The van der Waals surface area contributed by atoms with Gasteiger partial charge in [0.25, 0.3) is 11.8 Å². The molecule has 2 aromatic carbocycles. The van der Waals surface area contributed by atoms with E-state index in [4.69, 9.17) is 9.47 Å². The van der Waals surface area contributed by atoms with Crippen LogP contribution in [0.3, 0.4) is 0 Å². The minimum absolute atomic E-state index is 0.212. The predicted octanol–water partition coefficient (Wildman–Crippen LogP) is 3.17. The van der Waals surface area contributed by atoms with Gasteiger partial charge >= 0.3 is 5.97 Å². The van der Waals surface area contributed by atoms with Crippen LogP contribution in [0.4, 0.5) is 5.69 Å². The highest BCUT2D eigenvalue weighted by atomic mass is 16.5. The minimum atomic E-state index is -0.640. The molecule has 0 spiro atoms. The van der Waals surface area contributed by atoms with E-state index < -0.39 is 18.5 Å². The Morgan fingerprint density at radius 2 is 1.80 bits per heavy atom. The van der Waals surface area contributed by atoms with Gasteiger partial charge in [-0.05, 0) is 55.7 Å². The Morgan fingerprint density at radius 1 is 1.07 bits per heavy atom. The summed E-state index contributed by atoms with van der Waals surface area (Å²) in [5, 5.41) is 5.50. The fourth-order valence-electron chi connectivity index (χ4n) is 2.66.